The summed E-state index contributed by atoms with van der Waals surface area (Å²) < 4.78 is 10.3. The van der Waals surface area contributed by atoms with Gasteiger partial charge in [0.15, 0.2) is 5.69 Å². The molecule has 1 heterocycles. The van der Waals surface area contributed by atoms with Crippen LogP contribution >= 0.6 is 0 Å². The summed E-state index contributed by atoms with van der Waals surface area (Å²) in [4.78, 5) is 12.0. The molecule has 0 unspecified atom stereocenters. The van der Waals surface area contributed by atoms with Gasteiger partial charge in [-0.25, -0.2) is 0 Å². The molecule has 0 saturated carbocycles. The number of ether oxygens (including phenoxy) is 2. The zero-order valence-corrected chi connectivity index (χ0v) is 11.3. The van der Waals surface area contributed by atoms with Crippen LogP contribution < -0.4 is 14.8 Å². The second-order valence-corrected chi connectivity index (χ2v) is 3.88. The van der Waals surface area contributed by atoms with Crippen LogP contribution in [0.1, 0.15) is 17.4 Å². The van der Waals surface area contributed by atoms with Crippen molar-refractivity contribution >= 4 is 11.6 Å². The van der Waals surface area contributed by atoms with Gasteiger partial charge in [-0.2, -0.15) is 0 Å². The van der Waals surface area contributed by atoms with E-state index in [-0.39, 0.29) is 11.6 Å². The molecule has 0 radical (unpaired) electrons. The van der Waals surface area contributed by atoms with Gasteiger partial charge in [-0.1, -0.05) is 6.07 Å². The van der Waals surface area contributed by atoms with Crippen molar-refractivity contribution in [2.75, 3.05) is 19.0 Å². The third-order valence-electron chi connectivity index (χ3n) is 2.49. The van der Waals surface area contributed by atoms with E-state index in [1.165, 1.54) is 0 Å². The lowest BCUT2D eigenvalue weighted by molar-refractivity contribution is 0.102. The van der Waals surface area contributed by atoms with Crippen molar-refractivity contribution in [2.24, 2.45) is 0 Å². The van der Waals surface area contributed by atoms with E-state index in [4.69, 9.17) is 9.47 Å². The van der Waals surface area contributed by atoms with Gasteiger partial charge < -0.3 is 14.8 Å². The number of nitrogens with one attached hydrogen (secondary N) is 1. The standard InChI is InChI=1S/C14H15N3O3/c1-3-20-13-8-7-12(16-17-13)14(18)15-10-5-4-6-11(9-10)19-2/h4-9H,3H2,1-2H3,(H,15,18). The summed E-state index contributed by atoms with van der Waals surface area (Å²) in [5.41, 5.74) is 0.848. The first kappa shape index (κ1) is 13.8. The van der Waals surface area contributed by atoms with E-state index >= 15 is 0 Å². The Labute approximate surface area is 116 Å². The zero-order chi connectivity index (χ0) is 14.4. The summed E-state index contributed by atoms with van der Waals surface area (Å²) in [5, 5.41) is 10.3. The first-order valence-electron chi connectivity index (χ1n) is 6.15. The van der Waals surface area contributed by atoms with Crippen LogP contribution in [0.25, 0.3) is 0 Å². The number of amides is 1. The molecule has 20 heavy (non-hydrogen) atoms. The zero-order valence-electron chi connectivity index (χ0n) is 11.3. The molecule has 0 spiro atoms. The highest BCUT2D eigenvalue weighted by Crippen LogP contribution is 2.17. The van der Waals surface area contributed by atoms with Gasteiger partial charge in [-0.05, 0) is 25.1 Å². The fourth-order valence-electron chi connectivity index (χ4n) is 1.56. The first-order chi connectivity index (χ1) is 9.72. The molecule has 0 aliphatic carbocycles. The van der Waals surface area contributed by atoms with Crippen molar-refractivity contribution in [1.82, 2.24) is 10.2 Å². The molecular weight excluding hydrogens is 258 g/mol. The average molecular weight is 273 g/mol. The molecule has 2 aromatic rings. The third-order valence-corrected chi connectivity index (χ3v) is 2.49. The number of carbonyl (C=O) groups excluding carboxylic acids is 1. The minimum Gasteiger partial charge on any atom is -0.497 e. The van der Waals surface area contributed by atoms with Crippen molar-refractivity contribution in [3.63, 3.8) is 0 Å². The summed E-state index contributed by atoms with van der Waals surface area (Å²) in [5.74, 6) is 0.722. The minimum absolute atomic E-state index is 0.219. The third kappa shape index (κ3) is 3.44. The Morgan fingerprint density at radius 3 is 2.75 bits per heavy atom. The molecule has 0 bridgehead atoms. The van der Waals surface area contributed by atoms with Gasteiger partial charge in [0.2, 0.25) is 5.88 Å². The van der Waals surface area contributed by atoms with E-state index in [1.807, 2.05) is 6.92 Å². The molecule has 104 valence electrons. The summed E-state index contributed by atoms with van der Waals surface area (Å²) in [7, 11) is 1.57. The maximum absolute atomic E-state index is 12.0. The summed E-state index contributed by atoms with van der Waals surface area (Å²) in [6, 6.07) is 10.2. The first-order valence-corrected chi connectivity index (χ1v) is 6.15. The molecule has 1 aromatic carbocycles. The molecule has 0 atom stereocenters. The van der Waals surface area contributed by atoms with Gasteiger partial charge in [-0.15, -0.1) is 10.2 Å². The molecule has 0 aliphatic rings. The Hall–Kier alpha value is -2.63. The molecule has 0 aliphatic heterocycles. The molecule has 1 amide bonds. The van der Waals surface area contributed by atoms with E-state index < -0.39 is 0 Å². The molecule has 1 N–H and O–H groups in total. The maximum Gasteiger partial charge on any atom is 0.276 e. The number of nitrogens with zero attached hydrogens (tertiary/aromatic N) is 2. The molecule has 0 fully saturated rings. The Kier molecular flexibility index (Phi) is 4.49. The maximum atomic E-state index is 12.0. The summed E-state index contributed by atoms with van der Waals surface area (Å²) in [6.07, 6.45) is 0. The van der Waals surface area contributed by atoms with Crippen molar-refractivity contribution in [2.45, 2.75) is 6.92 Å². The van der Waals surface area contributed by atoms with E-state index in [2.05, 4.69) is 15.5 Å². The lowest BCUT2D eigenvalue weighted by Gasteiger charge is -2.06. The molecule has 2 rings (SSSR count). The normalized spacial score (nSPS) is 9.90. The number of carbonyl (C=O) groups is 1. The van der Waals surface area contributed by atoms with Crippen LogP contribution in [0.15, 0.2) is 36.4 Å². The molecule has 6 nitrogen and oxygen atoms in total. The van der Waals surface area contributed by atoms with Gasteiger partial charge in [0, 0.05) is 17.8 Å². The number of hydrogen-bond donors (Lipinski definition) is 1. The van der Waals surface area contributed by atoms with Crippen LogP contribution in [0.3, 0.4) is 0 Å². The van der Waals surface area contributed by atoms with Gasteiger partial charge in [0.1, 0.15) is 5.75 Å². The number of aromatic nitrogens is 2. The smallest absolute Gasteiger partial charge is 0.276 e. The van der Waals surface area contributed by atoms with E-state index in [9.17, 15) is 4.79 Å². The highest BCUT2D eigenvalue weighted by Gasteiger charge is 2.09. The van der Waals surface area contributed by atoms with Gasteiger partial charge >= 0.3 is 0 Å². The highest BCUT2D eigenvalue weighted by molar-refractivity contribution is 6.02. The Balaban J connectivity index is 2.07. The Morgan fingerprint density at radius 1 is 1.25 bits per heavy atom. The van der Waals surface area contributed by atoms with Crippen LogP contribution in [0, 0.1) is 0 Å². The molecule has 6 heteroatoms. The van der Waals surface area contributed by atoms with Gasteiger partial charge in [0.25, 0.3) is 5.91 Å². The van der Waals surface area contributed by atoms with E-state index in [0.29, 0.717) is 23.9 Å². The fourth-order valence-corrected chi connectivity index (χ4v) is 1.56. The number of benzene rings is 1. The van der Waals surface area contributed by atoms with Crippen molar-refractivity contribution in [3.8, 4) is 11.6 Å². The Bertz CT molecular complexity index is 584. The van der Waals surface area contributed by atoms with E-state index in [0.717, 1.165) is 0 Å². The predicted octanol–water partition coefficient (Wildman–Crippen LogP) is 2.14. The minimum atomic E-state index is -0.339. The van der Waals surface area contributed by atoms with E-state index in [1.54, 1.807) is 43.5 Å². The SMILES string of the molecule is CCOc1ccc(C(=O)Nc2cccc(OC)c2)nn1. The largest absolute Gasteiger partial charge is 0.497 e. The average Bonchev–Trinajstić information content (AvgIpc) is 2.48. The lowest BCUT2D eigenvalue weighted by Crippen LogP contribution is -2.14. The van der Waals surface area contributed by atoms with Crippen LogP contribution in [0.4, 0.5) is 5.69 Å². The Morgan fingerprint density at radius 2 is 2.10 bits per heavy atom. The molecule has 1 aromatic heterocycles. The number of anilines is 1. The summed E-state index contributed by atoms with van der Waals surface area (Å²) in [6.45, 7) is 2.36. The predicted molar refractivity (Wildman–Crippen MR) is 74.1 cm³/mol. The van der Waals surface area contributed by atoms with Crippen LogP contribution in [0.2, 0.25) is 0 Å². The number of rotatable bonds is 5. The molecule has 0 saturated heterocycles. The van der Waals surface area contributed by atoms with Crippen molar-refractivity contribution < 1.29 is 14.3 Å². The second-order valence-electron chi connectivity index (χ2n) is 3.88. The van der Waals surface area contributed by atoms with Crippen LogP contribution in [0.5, 0.6) is 11.6 Å². The van der Waals surface area contributed by atoms with Crippen molar-refractivity contribution in [3.05, 3.63) is 42.1 Å². The molecular formula is C14H15N3O3. The lowest BCUT2D eigenvalue weighted by atomic mass is 10.3. The number of methoxy groups -OCH3 is 1. The van der Waals surface area contributed by atoms with Gasteiger partial charge in [-0.3, -0.25) is 4.79 Å². The second kappa shape index (κ2) is 6.51. The quantitative estimate of drug-likeness (QED) is 0.903. The van der Waals surface area contributed by atoms with Crippen LogP contribution in [-0.4, -0.2) is 29.8 Å². The highest BCUT2D eigenvalue weighted by atomic mass is 16.5. The fraction of sp³-hybridized carbons (Fsp3) is 0.214. The van der Waals surface area contributed by atoms with Gasteiger partial charge in [0.05, 0.1) is 13.7 Å². The topological polar surface area (TPSA) is 73.3 Å². The monoisotopic (exact) mass is 273 g/mol. The van der Waals surface area contributed by atoms with Crippen molar-refractivity contribution in [1.29, 1.82) is 0 Å². The summed E-state index contributed by atoms with van der Waals surface area (Å²) >= 11 is 0. The van der Waals surface area contributed by atoms with Crippen LogP contribution in [-0.2, 0) is 0 Å². The number of hydrogen-bond acceptors (Lipinski definition) is 5.